The topological polar surface area (TPSA) is 55.8 Å². The lowest BCUT2D eigenvalue weighted by atomic mass is 9.91. The molecule has 5 nitrogen and oxygen atoms in total. The quantitative estimate of drug-likeness (QED) is 0.224. The molecule has 2 unspecified atom stereocenters. The molecule has 0 aromatic heterocycles. The maximum absolute atomic E-state index is 12.7. The number of thiocarbonyl (C=S) groups is 1. The van der Waals surface area contributed by atoms with Gasteiger partial charge in [-0.1, -0.05) is 57.4 Å². The predicted octanol–water partition coefficient (Wildman–Crippen LogP) is 3.35. The van der Waals surface area contributed by atoms with Crippen LogP contribution in [0.4, 0.5) is 0 Å². The molecule has 140 valence electrons. The van der Waals surface area contributed by atoms with E-state index in [9.17, 15) is 9.59 Å². The molecule has 2 aliphatic heterocycles. The van der Waals surface area contributed by atoms with E-state index in [0.717, 1.165) is 0 Å². The van der Waals surface area contributed by atoms with Gasteiger partial charge in [-0.2, -0.15) is 0 Å². The third-order valence-corrected chi connectivity index (χ3v) is 11.5. The first-order valence-corrected chi connectivity index (χ1v) is 12.6. The van der Waals surface area contributed by atoms with Crippen LogP contribution in [0.1, 0.15) is 27.7 Å². The highest BCUT2D eigenvalue weighted by molar-refractivity contribution is 8.24. The van der Waals surface area contributed by atoms with Crippen LogP contribution in [-0.4, -0.2) is 53.4 Å². The number of nitrogens with zero attached hydrogens (tertiary/aromatic N) is 1. The van der Waals surface area contributed by atoms with Gasteiger partial charge in [0.1, 0.15) is 6.61 Å². The normalized spacial score (nSPS) is 27.6. The second kappa shape index (κ2) is 7.13. The predicted molar refractivity (Wildman–Crippen MR) is 107 cm³/mol. The molecule has 4 atom stereocenters. The van der Waals surface area contributed by atoms with Crippen molar-refractivity contribution >= 4 is 48.4 Å². The first-order chi connectivity index (χ1) is 11.4. The Kier molecular flexibility index (Phi) is 5.88. The fourth-order valence-electron chi connectivity index (χ4n) is 2.79. The van der Waals surface area contributed by atoms with Crippen LogP contribution in [0, 0.1) is 5.92 Å². The minimum absolute atomic E-state index is 0.0723. The molecule has 0 aromatic carbocycles. The summed E-state index contributed by atoms with van der Waals surface area (Å²) in [4.78, 5) is 26.5. The first kappa shape index (κ1) is 20.6. The summed E-state index contributed by atoms with van der Waals surface area (Å²) in [6.45, 7) is 16.5. The molecule has 0 saturated carbocycles. The maximum Gasteiger partial charge on any atom is 0.335 e. The number of rotatable bonds is 6. The molecule has 2 aliphatic rings. The molecule has 25 heavy (non-hydrogen) atoms. The van der Waals surface area contributed by atoms with E-state index in [1.165, 1.54) is 17.8 Å². The third kappa shape index (κ3) is 3.72. The number of esters is 1. The molecule has 8 heteroatoms. The number of carbonyl (C=O) groups excluding carboxylic acids is 2. The molecule has 0 N–H and O–H groups in total. The van der Waals surface area contributed by atoms with Gasteiger partial charge < -0.3 is 14.1 Å². The molecule has 0 aromatic rings. The minimum atomic E-state index is -1.98. The van der Waals surface area contributed by atoms with Crippen molar-refractivity contribution < 1.29 is 18.8 Å². The summed E-state index contributed by atoms with van der Waals surface area (Å²) in [7, 11) is -1.98. The van der Waals surface area contributed by atoms with Gasteiger partial charge in [-0.05, 0) is 25.1 Å². The van der Waals surface area contributed by atoms with Crippen molar-refractivity contribution in [2.24, 2.45) is 5.92 Å². The van der Waals surface area contributed by atoms with Gasteiger partial charge in [0.2, 0.25) is 5.91 Å². The number of thioether (sulfide) groups is 1. The molecule has 0 bridgehead atoms. The van der Waals surface area contributed by atoms with Crippen LogP contribution in [0.5, 0.6) is 0 Å². The second-order valence-corrected chi connectivity index (χ2v) is 14.6. The zero-order valence-electron chi connectivity index (χ0n) is 15.7. The van der Waals surface area contributed by atoms with Crippen molar-refractivity contribution in [3.63, 3.8) is 0 Å². The monoisotopic (exact) mass is 401 g/mol. The summed E-state index contributed by atoms with van der Waals surface area (Å²) in [5.74, 6) is -0.831. The summed E-state index contributed by atoms with van der Waals surface area (Å²) in [5.41, 5.74) is 0. The van der Waals surface area contributed by atoms with Crippen LogP contribution in [0.15, 0.2) is 12.7 Å². The van der Waals surface area contributed by atoms with Crippen molar-refractivity contribution in [2.75, 3.05) is 6.61 Å². The molecule has 2 rings (SSSR count). The molecule has 2 saturated heterocycles. The van der Waals surface area contributed by atoms with E-state index in [4.69, 9.17) is 21.4 Å². The Bertz CT molecular complexity index is 602. The van der Waals surface area contributed by atoms with Crippen molar-refractivity contribution in [3.05, 3.63) is 12.7 Å². The van der Waals surface area contributed by atoms with Crippen molar-refractivity contribution in [1.29, 1.82) is 0 Å². The van der Waals surface area contributed by atoms with Crippen molar-refractivity contribution in [3.8, 4) is 0 Å². The van der Waals surface area contributed by atoms with Gasteiger partial charge in [0.25, 0.3) is 0 Å². The average molecular weight is 402 g/mol. The van der Waals surface area contributed by atoms with Crippen LogP contribution in [-0.2, 0) is 18.8 Å². The largest absolute Gasteiger partial charge is 0.460 e. The molecule has 2 fully saturated rings. The number of ether oxygens (including phenoxy) is 1. The Morgan fingerprint density at radius 2 is 2.08 bits per heavy atom. The molecular formula is C17H27NO4S2Si. The van der Waals surface area contributed by atoms with E-state index in [0.29, 0.717) is 4.20 Å². The van der Waals surface area contributed by atoms with Crippen LogP contribution in [0.2, 0.25) is 18.1 Å². The number of amides is 1. The summed E-state index contributed by atoms with van der Waals surface area (Å²) < 4.78 is 12.0. The smallest absolute Gasteiger partial charge is 0.335 e. The summed E-state index contributed by atoms with van der Waals surface area (Å²) in [6.07, 6.45) is 1.30. The van der Waals surface area contributed by atoms with Crippen molar-refractivity contribution in [1.82, 2.24) is 4.90 Å². The van der Waals surface area contributed by atoms with Crippen LogP contribution in [0.25, 0.3) is 0 Å². The first-order valence-electron chi connectivity index (χ1n) is 8.40. The highest BCUT2D eigenvalue weighted by atomic mass is 32.2. The fraction of sp³-hybridized carbons (Fsp3) is 0.706. The fourth-order valence-corrected chi connectivity index (χ4v) is 6.12. The maximum atomic E-state index is 12.7. The minimum Gasteiger partial charge on any atom is -0.460 e. The third-order valence-electron chi connectivity index (χ3n) is 5.22. The van der Waals surface area contributed by atoms with Gasteiger partial charge in [-0.3, -0.25) is 4.79 Å². The SMILES string of the molecule is C=CCOC(=O)C1C(=S)S[C@H]2[C@@H](C(C)O[Si](C)(C)C(C)(C)C)C(=O)N12. The van der Waals surface area contributed by atoms with E-state index in [2.05, 4.69) is 40.4 Å². The van der Waals surface area contributed by atoms with Gasteiger partial charge in [-0.15, -0.1) is 0 Å². The number of hydrogen-bond donors (Lipinski definition) is 0. The zero-order valence-corrected chi connectivity index (χ0v) is 18.3. The summed E-state index contributed by atoms with van der Waals surface area (Å²) in [6, 6.07) is -0.770. The van der Waals surface area contributed by atoms with Crippen LogP contribution < -0.4 is 0 Å². The molecule has 0 aliphatic carbocycles. The molecular weight excluding hydrogens is 374 g/mol. The van der Waals surface area contributed by atoms with Crippen molar-refractivity contribution in [2.45, 2.75) is 63.3 Å². The second-order valence-electron chi connectivity index (χ2n) is 8.00. The summed E-state index contributed by atoms with van der Waals surface area (Å²) >= 11 is 6.74. The Labute approximate surface area is 160 Å². The lowest BCUT2D eigenvalue weighted by Gasteiger charge is -2.48. The Hall–Kier alpha value is -0.703. The van der Waals surface area contributed by atoms with E-state index >= 15 is 0 Å². The molecule has 2 heterocycles. The van der Waals surface area contributed by atoms with E-state index < -0.39 is 20.3 Å². The van der Waals surface area contributed by atoms with E-state index in [1.54, 1.807) is 4.90 Å². The number of carbonyl (C=O) groups is 2. The Morgan fingerprint density at radius 1 is 1.48 bits per heavy atom. The lowest BCUT2D eigenvalue weighted by molar-refractivity contribution is -0.166. The summed E-state index contributed by atoms with van der Waals surface area (Å²) in [5, 5.41) is -0.0656. The Balaban J connectivity index is 2.09. The Morgan fingerprint density at radius 3 is 2.60 bits per heavy atom. The van der Waals surface area contributed by atoms with E-state index in [1.807, 2.05) is 6.92 Å². The van der Waals surface area contributed by atoms with Gasteiger partial charge in [0.05, 0.1) is 21.6 Å². The zero-order chi connectivity index (χ0) is 19.2. The van der Waals surface area contributed by atoms with E-state index in [-0.39, 0.29) is 34.9 Å². The van der Waals surface area contributed by atoms with Gasteiger partial charge in [0, 0.05) is 0 Å². The highest BCUT2D eigenvalue weighted by Crippen LogP contribution is 2.48. The molecule has 0 spiro atoms. The molecule has 0 radical (unpaired) electrons. The van der Waals surface area contributed by atoms with Gasteiger partial charge in [-0.25, -0.2) is 4.79 Å². The lowest BCUT2D eigenvalue weighted by Crippen LogP contribution is -2.65. The van der Waals surface area contributed by atoms with Crippen LogP contribution in [0.3, 0.4) is 0 Å². The van der Waals surface area contributed by atoms with Gasteiger partial charge >= 0.3 is 5.97 Å². The number of hydrogen-bond acceptors (Lipinski definition) is 6. The standard InChI is InChI=1S/C17H27NO4S2Si/c1-8-9-21-15(20)12-16(23)24-14-11(13(19)18(12)14)10(2)22-25(6,7)17(3,4)5/h8,10-12,14H,1,9H2,2-7H3/t10?,11-,12?,14-/m0/s1. The highest BCUT2D eigenvalue weighted by Gasteiger charge is 2.61. The van der Waals surface area contributed by atoms with Gasteiger partial charge in [0.15, 0.2) is 14.4 Å². The average Bonchev–Trinajstić information content (AvgIpc) is 2.76. The number of β-lactam (4-membered cyclic amide) rings is 1. The number of fused-ring (bicyclic) bond motifs is 1. The molecule has 1 amide bonds. The van der Waals surface area contributed by atoms with Crippen LogP contribution >= 0.6 is 24.0 Å².